The predicted molar refractivity (Wildman–Crippen MR) is 314 cm³/mol. The minimum absolute atomic E-state index is 0.0763. The average molecular weight is 1160 g/mol. The van der Waals surface area contributed by atoms with Gasteiger partial charge in [-0.2, -0.15) is 9.97 Å². The fourth-order valence-electron chi connectivity index (χ4n) is 11.4. The van der Waals surface area contributed by atoms with E-state index in [1.807, 2.05) is 45.0 Å². The lowest BCUT2D eigenvalue weighted by molar-refractivity contribution is -0.142. The lowest BCUT2D eigenvalue weighted by Gasteiger charge is -2.35. The molecule has 0 bridgehead atoms. The van der Waals surface area contributed by atoms with Crippen LogP contribution in [0.5, 0.6) is 11.8 Å². The Balaban J connectivity index is 0.00000419. The number of phenols is 1. The second-order valence-corrected chi connectivity index (χ2v) is 21.9. The zero-order chi connectivity index (χ0) is 59.9. The average Bonchev–Trinajstić information content (AvgIpc) is 3.40. The maximum absolute atomic E-state index is 16.5. The van der Waals surface area contributed by atoms with Crippen molar-refractivity contribution in [2.24, 2.45) is 11.7 Å². The largest absolute Gasteiger partial charge is 0.505 e. The van der Waals surface area contributed by atoms with E-state index in [0.717, 1.165) is 48.6 Å². The number of benzene rings is 5. The molecular formula is C63H73F4N11O6. The van der Waals surface area contributed by atoms with Gasteiger partial charge in [-0.05, 0) is 129 Å². The van der Waals surface area contributed by atoms with Gasteiger partial charge in [-0.25, -0.2) is 22.2 Å². The van der Waals surface area contributed by atoms with Gasteiger partial charge in [-0.3, -0.25) is 9.59 Å². The Morgan fingerprint density at radius 2 is 1.61 bits per heavy atom. The quantitative estimate of drug-likeness (QED) is 0.0224. The number of anilines is 1. The van der Waals surface area contributed by atoms with Crippen LogP contribution in [0, 0.1) is 34.6 Å². The van der Waals surface area contributed by atoms with Crippen molar-refractivity contribution in [3.63, 3.8) is 0 Å². The second kappa shape index (κ2) is 26.8. The summed E-state index contributed by atoms with van der Waals surface area (Å²) in [5.41, 5.74) is 9.45. The number of ether oxygens (including phenoxy) is 2. The number of aliphatic hydroxyl groups is 1. The van der Waals surface area contributed by atoms with Gasteiger partial charge in [0.1, 0.15) is 53.1 Å². The van der Waals surface area contributed by atoms with Gasteiger partial charge < -0.3 is 51.3 Å². The minimum Gasteiger partial charge on any atom is -0.505 e. The van der Waals surface area contributed by atoms with Crippen molar-refractivity contribution in [3.8, 4) is 45.3 Å². The molecule has 4 unspecified atom stereocenters. The maximum Gasteiger partial charge on any atom is 0.319 e. The van der Waals surface area contributed by atoms with Gasteiger partial charge in [0.25, 0.3) is 0 Å². The van der Waals surface area contributed by atoms with E-state index in [1.54, 1.807) is 19.4 Å². The number of aryl methyl sites for hydroxylation is 1. The lowest BCUT2D eigenvalue weighted by atomic mass is 9.85. The van der Waals surface area contributed by atoms with Crippen LogP contribution in [0.1, 0.15) is 106 Å². The molecule has 7 N–H and O–H groups in total. The molecule has 3 fully saturated rings. The Morgan fingerprint density at radius 3 is 2.29 bits per heavy atom. The molecule has 2 aliphatic heterocycles. The zero-order valence-corrected chi connectivity index (χ0v) is 48.1. The summed E-state index contributed by atoms with van der Waals surface area (Å²) in [6.45, 7) is 9.90. The fraction of sp³-hybridized carbons (Fsp3) is 0.413. The molecule has 7 aromatic rings. The molecule has 4 heterocycles. The van der Waals surface area contributed by atoms with Crippen LogP contribution in [0.4, 0.5) is 23.4 Å². The van der Waals surface area contributed by atoms with Crippen LogP contribution < -0.4 is 26.0 Å². The number of aromatic hydroxyl groups is 1. The van der Waals surface area contributed by atoms with E-state index < -0.39 is 59.5 Å². The summed E-state index contributed by atoms with van der Waals surface area (Å²) < 4.78 is 72.6. The van der Waals surface area contributed by atoms with Crippen LogP contribution in [0.25, 0.3) is 44.4 Å². The number of rotatable bonds is 21. The number of piperazine rings is 1. The number of methoxy groups -OCH3 is 1. The van der Waals surface area contributed by atoms with Gasteiger partial charge in [0.05, 0.1) is 30.5 Å². The van der Waals surface area contributed by atoms with Crippen LogP contribution in [-0.4, -0.2) is 130 Å². The monoisotopic (exact) mass is 1160 g/mol. The summed E-state index contributed by atoms with van der Waals surface area (Å²) in [6.07, 6.45) is 6.93. The molecule has 0 radical (unpaired) electrons. The van der Waals surface area contributed by atoms with Crippen molar-refractivity contribution in [2.45, 2.75) is 109 Å². The molecule has 21 heteroatoms. The minimum atomic E-state index is -1.33. The number of likely N-dealkylation sites (tertiary alicyclic amines) is 1. The van der Waals surface area contributed by atoms with Gasteiger partial charge in [-0.15, -0.1) is 5.10 Å². The molecule has 0 spiro atoms. The first-order valence-corrected chi connectivity index (χ1v) is 28.7. The summed E-state index contributed by atoms with van der Waals surface area (Å²) in [5, 5.41) is 47.4. The van der Waals surface area contributed by atoms with Gasteiger partial charge in [0.15, 0.2) is 11.6 Å². The topological polar surface area (TPSA) is 230 Å². The number of carbonyl (C=O) groups is 2. The number of phenolic OH excluding ortho intramolecular Hbond substituents is 1. The third-order valence-corrected chi connectivity index (χ3v) is 16.1. The van der Waals surface area contributed by atoms with Crippen molar-refractivity contribution in [1.82, 2.24) is 40.5 Å². The van der Waals surface area contributed by atoms with E-state index in [2.05, 4.69) is 44.6 Å². The molecule has 84 heavy (non-hydrogen) atoms. The summed E-state index contributed by atoms with van der Waals surface area (Å²) in [4.78, 5) is 41.8. The maximum atomic E-state index is 16.5. The molecule has 1 saturated carbocycles. The smallest absolute Gasteiger partial charge is 0.319 e. The van der Waals surface area contributed by atoms with E-state index in [9.17, 15) is 33.0 Å². The number of halogens is 4. The summed E-state index contributed by atoms with van der Waals surface area (Å²) in [5.74, 6) is -4.36. The molecular weight excluding hydrogens is 1080 g/mol. The van der Waals surface area contributed by atoms with Crippen LogP contribution in [0.2, 0.25) is 0 Å². The Morgan fingerprint density at radius 1 is 0.893 bits per heavy atom. The van der Waals surface area contributed by atoms with Gasteiger partial charge in [0, 0.05) is 73.2 Å². The summed E-state index contributed by atoms with van der Waals surface area (Å²) in [6, 6.07) is 17.6. The van der Waals surface area contributed by atoms with Crippen molar-refractivity contribution < 1.29 is 46.8 Å². The number of aromatic nitrogens is 5. The molecule has 2 saturated heterocycles. The number of nitrogens with one attached hydrogen (secondary N) is 3. The van der Waals surface area contributed by atoms with Crippen molar-refractivity contribution in [3.05, 3.63) is 136 Å². The number of aliphatic hydroxyl groups excluding tert-OH is 1. The summed E-state index contributed by atoms with van der Waals surface area (Å²) >= 11 is 0. The van der Waals surface area contributed by atoms with Gasteiger partial charge in [0.2, 0.25) is 11.8 Å². The lowest BCUT2D eigenvalue weighted by Crippen LogP contribution is -2.50. The number of hydrogen-bond acceptors (Lipinski definition) is 14. The Hall–Kier alpha value is -7.85. The highest BCUT2D eigenvalue weighted by Gasteiger charge is 2.40. The van der Waals surface area contributed by atoms with Gasteiger partial charge >= 0.3 is 6.01 Å². The third-order valence-electron chi connectivity index (χ3n) is 16.1. The molecule has 5 atom stereocenters. The molecule has 10 rings (SSSR count). The van der Waals surface area contributed by atoms with Crippen molar-refractivity contribution in [2.75, 3.05) is 58.5 Å². The highest BCUT2D eigenvalue weighted by atomic mass is 19.2. The number of fused-ring (bicyclic) bond motifs is 1. The Labute approximate surface area is 486 Å². The first kappa shape index (κ1) is 60.7. The van der Waals surface area contributed by atoms with Crippen LogP contribution >= 0.6 is 0 Å². The molecule has 3 aliphatic rings. The molecule has 2 aromatic heterocycles. The normalized spacial score (nSPS) is 17.2. The molecule has 1 aliphatic carbocycles. The van der Waals surface area contributed by atoms with Crippen LogP contribution in [0.15, 0.2) is 85.1 Å². The highest BCUT2D eigenvalue weighted by molar-refractivity contribution is 6.03. The number of amides is 2. The van der Waals surface area contributed by atoms with Crippen molar-refractivity contribution >= 4 is 34.7 Å². The number of nitrogens with two attached hydrogens (primary N) is 1. The molecule has 444 valence electrons. The van der Waals surface area contributed by atoms with Crippen LogP contribution in [0.3, 0.4) is 0 Å². The molecule has 2 amide bonds. The predicted octanol–water partition coefficient (Wildman–Crippen LogP) is 9.36. The number of nitrogens with zero attached hydrogens (tertiary/aromatic N) is 7. The Kier molecular flexibility index (Phi) is 19.4. The van der Waals surface area contributed by atoms with E-state index >= 15 is 4.39 Å². The van der Waals surface area contributed by atoms with Crippen molar-refractivity contribution in [1.29, 1.82) is 5.41 Å². The molecule has 5 aromatic carbocycles. The molecule has 17 nitrogen and oxygen atoms in total. The summed E-state index contributed by atoms with van der Waals surface area (Å²) in [7, 11) is 3.10. The zero-order valence-electron chi connectivity index (χ0n) is 48.1. The van der Waals surface area contributed by atoms with E-state index in [0.29, 0.717) is 89.7 Å². The third kappa shape index (κ3) is 12.8. The number of hydrogen-bond donors (Lipinski definition) is 6. The first-order valence-electron chi connectivity index (χ1n) is 28.7. The fourth-order valence-corrected chi connectivity index (χ4v) is 11.4. The van der Waals surface area contributed by atoms with Crippen LogP contribution in [-0.2, 0) is 27.2 Å². The highest BCUT2D eigenvalue weighted by Crippen LogP contribution is 2.52. The van der Waals surface area contributed by atoms with Gasteiger partial charge in [-0.1, -0.05) is 74.5 Å². The SMILES string of the molecule is CCC1CN(c2nc(OC[C@H](C)OC)nc3c(O)c(-c4c(C=N)ccc(F)c4CCc4ccc(-c5cn(C(C(=O)N6CCCC6C(=O)NC(CO)c6ccc(-c7c(F)ccc(F)c7F)cc6)C(C)C)nn5)cc4)c(C4CC4)cc23)CCN1.CN. The first-order chi connectivity index (χ1) is 40.6. The van der Waals surface area contributed by atoms with E-state index in [4.69, 9.17) is 24.9 Å². The van der Waals surface area contributed by atoms with E-state index in [1.165, 1.54) is 53.2 Å². The van der Waals surface area contributed by atoms with E-state index in [-0.39, 0.29) is 65.8 Å². The number of carbonyl (C=O) groups excluding carboxylic acids is 2. The standard InChI is InChI=1S/C62H68F4N10O6.CH5N/c1-6-42-30-74(27-25-68-42)59-45-28-44(37-14-15-37)54(58(78)56(45)70-62(71-59)82-33-35(4)81-5)52-41(29-67)20-22-46(63)43(52)21-11-36-9-12-38(13-10-36)49-31-76(73-72-49)57(34(2)3)61(80)75-26-7-8-51(75)60(79)69-50(32-77)39-16-18-40(19-17-39)53-47(64)23-24-48(65)55(53)66;1-2/h9-10,12-13,16-20,22-24,28-29,31,34-35,37,42,50-51,57,67-68,77-78H,6-8,11,14-15,21,25-27,30,32-33H2,1-5H3,(H,69,79);2H2,1H3/t35-,42?,50?,51?,57?;/m0./s1. The Bertz CT molecular complexity index is 3490. The second-order valence-electron chi connectivity index (χ2n) is 21.9.